The first kappa shape index (κ1) is 18.4. The molecule has 0 unspecified atom stereocenters. The van der Waals surface area contributed by atoms with Gasteiger partial charge in [0.05, 0.1) is 5.56 Å². The van der Waals surface area contributed by atoms with Crippen LogP contribution >= 0.6 is 0 Å². The molecule has 27 heavy (non-hydrogen) atoms. The molecule has 132 valence electrons. The number of hydrogen-bond acceptors (Lipinski definition) is 1. The number of benzene rings is 3. The van der Waals surface area contributed by atoms with Gasteiger partial charge in [0.2, 0.25) is 0 Å². The normalized spacial score (nSPS) is 10.0. The number of nitriles is 1. The first-order valence-electron chi connectivity index (χ1n) is 8.71. The first-order chi connectivity index (χ1) is 13.1. The van der Waals surface area contributed by atoms with Gasteiger partial charge in [-0.2, -0.15) is 5.26 Å². The van der Waals surface area contributed by atoms with Crippen molar-refractivity contribution in [1.82, 2.24) is 0 Å². The molecule has 0 aliphatic rings. The Labute approximate surface area is 157 Å². The molecule has 0 heterocycles. The van der Waals surface area contributed by atoms with Crippen molar-refractivity contribution < 1.29 is 8.78 Å². The third-order valence-corrected chi connectivity index (χ3v) is 4.21. The fraction of sp³-hybridized carbons (Fsp3) is 0.125. The second-order valence-electron chi connectivity index (χ2n) is 6.20. The highest BCUT2D eigenvalue weighted by atomic mass is 19.1. The summed E-state index contributed by atoms with van der Waals surface area (Å²) in [5.41, 5.74) is 3.28. The number of aryl methyl sites for hydroxylation is 1. The van der Waals surface area contributed by atoms with E-state index in [1.165, 1.54) is 29.8 Å². The van der Waals surface area contributed by atoms with E-state index in [1.54, 1.807) is 18.2 Å². The van der Waals surface area contributed by atoms with Crippen molar-refractivity contribution in [2.24, 2.45) is 0 Å². The molecule has 0 saturated carbocycles. The minimum Gasteiger partial charge on any atom is -0.206 e. The summed E-state index contributed by atoms with van der Waals surface area (Å²) in [5, 5.41) is 8.79. The molecular weight excluding hydrogens is 340 g/mol. The van der Waals surface area contributed by atoms with E-state index < -0.39 is 11.6 Å². The van der Waals surface area contributed by atoms with E-state index in [9.17, 15) is 8.78 Å². The molecule has 0 spiro atoms. The quantitative estimate of drug-likeness (QED) is 0.539. The fourth-order valence-electron chi connectivity index (χ4n) is 2.79. The lowest BCUT2D eigenvalue weighted by molar-refractivity contribution is 0.622. The predicted octanol–water partition coefficient (Wildman–Crippen LogP) is 5.86. The summed E-state index contributed by atoms with van der Waals surface area (Å²) < 4.78 is 28.2. The van der Waals surface area contributed by atoms with E-state index in [4.69, 9.17) is 5.26 Å². The van der Waals surface area contributed by atoms with Gasteiger partial charge in [0.1, 0.15) is 17.7 Å². The number of rotatable bonds is 3. The predicted molar refractivity (Wildman–Crippen MR) is 103 cm³/mol. The van der Waals surface area contributed by atoms with Crippen molar-refractivity contribution in [2.45, 2.75) is 19.8 Å². The molecular formula is C24H17F2N. The number of halogens is 2. The molecule has 1 nitrogen and oxygen atoms in total. The maximum Gasteiger partial charge on any atom is 0.141 e. The largest absolute Gasteiger partial charge is 0.206 e. The van der Waals surface area contributed by atoms with Crippen LogP contribution in [0.1, 0.15) is 35.6 Å². The van der Waals surface area contributed by atoms with E-state index in [-0.39, 0.29) is 11.1 Å². The second kappa shape index (κ2) is 8.30. The molecule has 0 aliphatic carbocycles. The van der Waals surface area contributed by atoms with Crippen LogP contribution in [0.4, 0.5) is 8.78 Å². The van der Waals surface area contributed by atoms with Crippen molar-refractivity contribution in [3.63, 3.8) is 0 Å². The zero-order valence-corrected chi connectivity index (χ0v) is 14.9. The summed E-state index contributed by atoms with van der Waals surface area (Å²) in [4.78, 5) is 0. The Morgan fingerprint density at radius 2 is 1.52 bits per heavy atom. The summed E-state index contributed by atoms with van der Waals surface area (Å²) >= 11 is 0. The van der Waals surface area contributed by atoms with E-state index in [0.717, 1.165) is 18.4 Å². The number of hydrogen-bond donors (Lipinski definition) is 0. The lowest BCUT2D eigenvalue weighted by atomic mass is 10.0. The highest BCUT2D eigenvalue weighted by Crippen LogP contribution is 2.25. The van der Waals surface area contributed by atoms with Gasteiger partial charge >= 0.3 is 0 Å². The van der Waals surface area contributed by atoms with Crippen molar-refractivity contribution >= 4 is 0 Å². The Morgan fingerprint density at radius 3 is 2.15 bits per heavy atom. The van der Waals surface area contributed by atoms with Crippen LogP contribution in [-0.2, 0) is 6.42 Å². The van der Waals surface area contributed by atoms with Crippen LogP contribution in [0.25, 0.3) is 11.1 Å². The van der Waals surface area contributed by atoms with Gasteiger partial charge < -0.3 is 0 Å². The molecule has 0 fully saturated rings. The van der Waals surface area contributed by atoms with E-state index in [1.807, 2.05) is 12.1 Å². The van der Waals surface area contributed by atoms with E-state index in [0.29, 0.717) is 11.1 Å². The van der Waals surface area contributed by atoms with Crippen LogP contribution in [0.3, 0.4) is 0 Å². The lowest BCUT2D eigenvalue weighted by Gasteiger charge is -2.05. The molecule has 3 aromatic carbocycles. The van der Waals surface area contributed by atoms with Crippen molar-refractivity contribution in [1.29, 1.82) is 5.26 Å². The van der Waals surface area contributed by atoms with Gasteiger partial charge in [-0.25, -0.2) is 8.78 Å². The summed E-state index contributed by atoms with van der Waals surface area (Å²) in [6.07, 6.45) is 2.14. The van der Waals surface area contributed by atoms with Crippen LogP contribution in [0.15, 0.2) is 60.7 Å². The Hall–Kier alpha value is -3.43. The smallest absolute Gasteiger partial charge is 0.141 e. The topological polar surface area (TPSA) is 23.8 Å². The van der Waals surface area contributed by atoms with Crippen LogP contribution < -0.4 is 0 Å². The Kier molecular flexibility index (Phi) is 5.64. The van der Waals surface area contributed by atoms with E-state index in [2.05, 4.69) is 30.9 Å². The maximum atomic E-state index is 14.5. The molecule has 3 heteroatoms. The third kappa shape index (κ3) is 4.40. The molecule has 0 saturated heterocycles. The van der Waals surface area contributed by atoms with Gasteiger partial charge in [-0.05, 0) is 53.9 Å². The minimum atomic E-state index is -0.662. The highest BCUT2D eigenvalue weighted by molar-refractivity contribution is 5.66. The van der Waals surface area contributed by atoms with E-state index >= 15 is 0 Å². The molecule has 0 aliphatic heterocycles. The molecule has 0 radical (unpaired) electrons. The Balaban J connectivity index is 1.83. The van der Waals surface area contributed by atoms with Crippen LogP contribution in [0.2, 0.25) is 0 Å². The van der Waals surface area contributed by atoms with Crippen molar-refractivity contribution in [3.05, 3.63) is 94.6 Å². The van der Waals surface area contributed by atoms with Gasteiger partial charge in [0.15, 0.2) is 0 Å². The van der Waals surface area contributed by atoms with Gasteiger partial charge in [-0.1, -0.05) is 49.5 Å². The molecule has 0 amide bonds. The van der Waals surface area contributed by atoms with Gasteiger partial charge in [-0.15, -0.1) is 0 Å². The maximum absolute atomic E-state index is 14.5. The third-order valence-electron chi connectivity index (χ3n) is 4.21. The standard InChI is InChI=1S/C24H17F2N/c1-2-3-17-4-6-18(7-5-17)8-9-19-10-13-22(24(26)14-19)20-11-12-21(16-27)23(25)15-20/h4-7,10-15H,2-3H2,1H3. The number of nitrogens with zero attached hydrogens (tertiary/aromatic N) is 1. The Morgan fingerprint density at radius 1 is 0.815 bits per heavy atom. The average molecular weight is 357 g/mol. The molecule has 3 rings (SSSR count). The monoisotopic (exact) mass is 357 g/mol. The average Bonchev–Trinajstić information content (AvgIpc) is 2.68. The van der Waals surface area contributed by atoms with Gasteiger partial charge in [-0.3, -0.25) is 0 Å². The first-order valence-corrected chi connectivity index (χ1v) is 8.71. The van der Waals surface area contributed by atoms with Crippen molar-refractivity contribution in [3.8, 4) is 29.0 Å². The minimum absolute atomic E-state index is 0.0633. The molecule has 0 N–H and O–H groups in total. The van der Waals surface area contributed by atoms with Gasteiger partial charge in [0.25, 0.3) is 0 Å². The Bertz CT molecular complexity index is 1060. The second-order valence-corrected chi connectivity index (χ2v) is 6.20. The van der Waals surface area contributed by atoms with Gasteiger partial charge in [0, 0.05) is 16.7 Å². The fourth-order valence-corrected chi connectivity index (χ4v) is 2.79. The SMILES string of the molecule is CCCc1ccc(C#Cc2ccc(-c3ccc(C#N)c(F)c3)c(F)c2)cc1. The summed E-state index contributed by atoms with van der Waals surface area (Å²) in [5.74, 6) is 4.84. The molecule has 0 bridgehead atoms. The highest BCUT2D eigenvalue weighted by Gasteiger charge is 2.09. The molecule has 0 aromatic heterocycles. The molecule has 3 aromatic rings. The van der Waals surface area contributed by atoms with Crippen LogP contribution in [0.5, 0.6) is 0 Å². The van der Waals surface area contributed by atoms with Crippen LogP contribution in [0, 0.1) is 34.8 Å². The lowest BCUT2D eigenvalue weighted by Crippen LogP contribution is -1.90. The molecule has 0 atom stereocenters. The summed E-state index contributed by atoms with van der Waals surface area (Å²) in [6.45, 7) is 2.14. The zero-order chi connectivity index (χ0) is 19.2. The van der Waals surface area contributed by atoms with Crippen molar-refractivity contribution in [2.75, 3.05) is 0 Å². The van der Waals surface area contributed by atoms with Crippen LogP contribution in [-0.4, -0.2) is 0 Å². The summed E-state index contributed by atoms with van der Waals surface area (Å²) in [7, 11) is 0. The summed E-state index contributed by atoms with van der Waals surface area (Å²) in [6, 6.07) is 18.4. The zero-order valence-electron chi connectivity index (χ0n) is 14.9.